The fourth-order valence-corrected chi connectivity index (χ4v) is 2.89. The molecule has 0 aliphatic heterocycles. The predicted octanol–water partition coefficient (Wildman–Crippen LogP) is 5.59. The predicted molar refractivity (Wildman–Crippen MR) is 106 cm³/mol. The summed E-state index contributed by atoms with van der Waals surface area (Å²) in [5.41, 5.74) is 1.43. The summed E-state index contributed by atoms with van der Waals surface area (Å²) in [5.74, 6) is 1.52. The van der Waals surface area contributed by atoms with Gasteiger partial charge in [0.2, 0.25) is 0 Å². The number of aromatic nitrogens is 2. The lowest BCUT2D eigenvalue weighted by molar-refractivity contribution is 0.104. The second kappa shape index (κ2) is 8.46. The zero-order valence-electron chi connectivity index (χ0n) is 14.9. The lowest BCUT2D eigenvalue weighted by Gasteiger charge is -2.06. The third-order valence-electron chi connectivity index (χ3n) is 4.01. The molecule has 3 aromatic rings. The highest BCUT2D eigenvalue weighted by atomic mass is 35.5. The van der Waals surface area contributed by atoms with Crippen molar-refractivity contribution < 1.29 is 13.9 Å². The number of rotatable bonds is 7. The van der Waals surface area contributed by atoms with Crippen molar-refractivity contribution in [2.45, 2.75) is 27.0 Å². The van der Waals surface area contributed by atoms with Crippen LogP contribution in [-0.4, -0.2) is 15.6 Å². The molecule has 2 heterocycles. The maximum Gasteiger partial charge on any atom is 0.189 e. The van der Waals surface area contributed by atoms with Crippen molar-refractivity contribution in [3.63, 3.8) is 0 Å². The van der Waals surface area contributed by atoms with Gasteiger partial charge in [0.25, 0.3) is 0 Å². The summed E-state index contributed by atoms with van der Waals surface area (Å²) in [4.78, 5) is 12.3. The van der Waals surface area contributed by atoms with Crippen LogP contribution in [0.25, 0.3) is 6.08 Å². The average molecular weight is 405 g/mol. The topological polar surface area (TPSA) is 57.3 Å². The number of hydrogen-bond donors (Lipinski definition) is 0. The first-order valence-electron chi connectivity index (χ1n) is 8.39. The van der Waals surface area contributed by atoms with E-state index in [0.29, 0.717) is 32.9 Å². The van der Waals surface area contributed by atoms with E-state index >= 15 is 0 Å². The van der Waals surface area contributed by atoms with E-state index in [1.165, 1.54) is 6.08 Å². The Morgan fingerprint density at radius 2 is 2.11 bits per heavy atom. The molecule has 0 saturated carbocycles. The first-order chi connectivity index (χ1) is 13.0. The van der Waals surface area contributed by atoms with Crippen molar-refractivity contribution >= 4 is 35.1 Å². The minimum absolute atomic E-state index is 0.118. The van der Waals surface area contributed by atoms with Crippen LogP contribution in [0.3, 0.4) is 0 Å². The maximum atomic E-state index is 12.3. The number of benzene rings is 1. The quantitative estimate of drug-likeness (QED) is 0.380. The molecular formula is C20H18Cl2N2O3. The number of carbonyl (C=O) groups excluding carboxylic acids is 1. The van der Waals surface area contributed by atoms with Gasteiger partial charge in [0.05, 0.1) is 16.8 Å². The van der Waals surface area contributed by atoms with E-state index in [0.717, 1.165) is 12.2 Å². The molecule has 7 heteroatoms. The Morgan fingerprint density at radius 1 is 1.30 bits per heavy atom. The number of hydrogen-bond acceptors (Lipinski definition) is 4. The van der Waals surface area contributed by atoms with Crippen LogP contribution in [0.5, 0.6) is 5.75 Å². The first-order valence-corrected chi connectivity index (χ1v) is 9.15. The van der Waals surface area contributed by atoms with Crippen molar-refractivity contribution in [1.29, 1.82) is 0 Å². The van der Waals surface area contributed by atoms with Crippen LogP contribution < -0.4 is 4.74 Å². The van der Waals surface area contributed by atoms with E-state index in [1.807, 2.05) is 13.8 Å². The van der Waals surface area contributed by atoms with Crippen molar-refractivity contribution in [3.8, 4) is 5.75 Å². The Labute approximate surface area is 167 Å². The van der Waals surface area contributed by atoms with E-state index in [1.54, 1.807) is 47.3 Å². The van der Waals surface area contributed by atoms with Crippen LogP contribution >= 0.6 is 23.2 Å². The second-order valence-corrected chi connectivity index (χ2v) is 6.67. The minimum atomic E-state index is -0.118. The molecule has 0 N–H and O–H groups in total. The Balaban J connectivity index is 1.63. The largest absolute Gasteiger partial charge is 0.484 e. The van der Waals surface area contributed by atoms with Gasteiger partial charge in [-0.25, -0.2) is 0 Å². The molecule has 27 heavy (non-hydrogen) atoms. The summed E-state index contributed by atoms with van der Waals surface area (Å²) in [6, 6.07) is 8.55. The highest BCUT2D eigenvalue weighted by Crippen LogP contribution is 2.28. The lowest BCUT2D eigenvalue weighted by atomic mass is 10.1. The fraction of sp³-hybridized carbons (Fsp3) is 0.200. The van der Waals surface area contributed by atoms with E-state index in [9.17, 15) is 4.79 Å². The van der Waals surface area contributed by atoms with E-state index in [-0.39, 0.29) is 12.4 Å². The molecule has 0 amide bonds. The molecule has 0 saturated heterocycles. The molecule has 0 aliphatic carbocycles. The van der Waals surface area contributed by atoms with Crippen LogP contribution in [0.1, 0.15) is 34.5 Å². The van der Waals surface area contributed by atoms with Gasteiger partial charge in [0.1, 0.15) is 23.9 Å². The number of allylic oxidation sites excluding steroid dienone is 1. The maximum absolute atomic E-state index is 12.3. The van der Waals surface area contributed by atoms with Gasteiger partial charge in [-0.1, -0.05) is 23.2 Å². The summed E-state index contributed by atoms with van der Waals surface area (Å²) < 4.78 is 13.1. The molecule has 0 bridgehead atoms. The molecular weight excluding hydrogens is 387 g/mol. The van der Waals surface area contributed by atoms with Crippen molar-refractivity contribution in [1.82, 2.24) is 9.78 Å². The first kappa shape index (κ1) is 19.3. The summed E-state index contributed by atoms with van der Waals surface area (Å²) in [6.45, 7) is 4.78. The number of aryl methyl sites for hydroxylation is 1. The third kappa shape index (κ3) is 4.62. The zero-order valence-corrected chi connectivity index (χ0v) is 16.4. The van der Waals surface area contributed by atoms with Crippen LogP contribution in [0.15, 0.2) is 47.0 Å². The second-order valence-electron chi connectivity index (χ2n) is 5.82. The molecule has 0 aliphatic rings. The van der Waals surface area contributed by atoms with Gasteiger partial charge in [-0.3, -0.25) is 9.48 Å². The molecule has 0 spiro atoms. The molecule has 1 aromatic carbocycles. The highest BCUT2D eigenvalue weighted by molar-refractivity contribution is 6.34. The van der Waals surface area contributed by atoms with Crippen LogP contribution in [0, 0.1) is 6.92 Å². The number of ether oxygens (including phenoxy) is 1. The van der Waals surface area contributed by atoms with Crippen molar-refractivity contribution in [2.75, 3.05) is 0 Å². The number of furan rings is 1. The third-order valence-corrected chi connectivity index (χ3v) is 4.56. The molecule has 0 unspecified atom stereocenters. The number of carbonyl (C=O) groups is 1. The summed E-state index contributed by atoms with van der Waals surface area (Å²) >= 11 is 12.0. The standard InChI is InChI=1S/C20H18Cl2N2O3/c1-3-24-13(2)17(11-23-24)19(25)9-7-15-5-6-16(27-15)12-26-20-10-14(21)4-8-18(20)22/h4-11H,3,12H2,1-2H3/b9-7+. The van der Waals surface area contributed by atoms with E-state index in [2.05, 4.69) is 5.10 Å². The molecule has 0 radical (unpaired) electrons. The number of ketones is 1. The summed E-state index contributed by atoms with van der Waals surface area (Å²) in [6.07, 6.45) is 4.68. The zero-order chi connectivity index (χ0) is 19.4. The monoisotopic (exact) mass is 404 g/mol. The van der Waals surface area contributed by atoms with Gasteiger partial charge in [0, 0.05) is 23.3 Å². The van der Waals surface area contributed by atoms with Crippen molar-refractivity contribution in [3.05, 3.63) is 75.4 Å². The van der Waals surface area contributed by atoms with Gasteiger partial charge >= 0.3 is 0 Å². The van der Waals surface area contributed by atoms with Crippen LogP contribution in [0.2, 0.25) is 10.0 Å². The summed E-state index contributed by atoms with van der Waals surface area (Å²) in [5, 5.41) is 5.19. The lowest BCUT2D eigenvalue weighted by Crippen LogP contribution is -2.01. The van der Waals surface area contributed by atoms with Gasteiger partial charge in [-0.05, 0) is 50.3 Å². The van der Waals surface area contributed by atoms with Gasteiger partial charge in [-0.2, -0.15) is 5.10 Å². The van der Waals surface area contributed by atoms with Crippen LogP contribution in [0.4, 0.5) is 0 Å². The fourth-order valence-electron chi connectivity index (χ4n) is 2.55. The van der Waals surface area contributed by atoms with Crippen LogP contribution in [-0.2, 0) is 13.2 Å². The van der Waals surface area contributed by atoms with Crippen molar-refractivity contribution in [2.24, 2.45) is 0 Å². The Bertz CT molecular complexity index is 989. The van der Waals surface area contributed by atoms with E-state index in [4.69, 9.17) is 32.4 Å². The molecule has 3 rings (SSSR count). The molecule has 2 aromatic heterocycles. The molecule has 140 valence electrons. The average Bonchev–Trinajstić information content (AvgIpc) is 3.26. The normalized spacial score (nSPS) is 11.3. The van der Waals surface area contributed by atoms with Gasteiger partial charge in [0.15, 0.2) is 5.78 Å². The molecule has 0 fully saturated rings. The highest BCUT2D eigenvalue weighted by Gasteiger charge is 2.11. The number of nitrogens with zero attached hydrogens (tertiary/aromatic N) is 2. The van der Waals surface area contributed by atoms with Gasteiger partial charge in [-0.15, -0.1) is 0 Å². The Morgan fingerprint density at radius 3 is 2.85 bits per heavy atom. The number of halogens is 2. The Kier molecular flexibility index (Phi) is 6.04. The van der Waals surface area contributed by atoms with E-state index < -0.39 is 0 Å². The smallest absolute Gasteiger partial charge is 0.189 e. The summed E-state index contributed by atoms with van der Waals surface area (Å²) in [7, 11) is 0. The minimum Gasteiger partial charge on any atom is -0.484 e. The SMILES string of the molecule is CCn1ncc(C(=O)/C=C/c2ccc(COc3cc(Cl)ccc3Cl)o2)c1C. The molecule has 0 atom stereocenters. The van der Waals surface area contributed by atoms with Gasteiger partial charge < -0.3 is 9.15 Å². The Hall–Kier alpha value is -2.50. The molecule has 5 nitrogen and oxygen atoms in total.